The van der Waals surface area contributed by atoms with Crippen molar-refractivity contribution in [3.05, 3.63) is 81.7 Å². The molecule has 37 heavy (non-hydrogen) atoms. The second-order valence-electron chi connectivity index (χ2n) is 9.22. The van der Waals surface area contributed by atoms with Crippen molar-refractivity contribution >= 4 is 34.5 Å². The van der Waals surface area contributed by atoms with Crippen LogP contribution in [0.2, 0.25) is 0 Å². The van der Waals surface area contributed by atoms with Crippen LogP contribution >= 0.6 is 0 Å². The summed E-state index contributed by atoms with van der Waals surface area (Å²) in [5.41, 5.74) is 5.47. The Morgan fingerprint density at radius 1 is 0.649 bits per heavy atom. The fourth-order valence-electron chi connectivity index (χ4n) is 5.38. The van der Waals surface area contributed by atoms with E-state index in [0.29, 0.717) is 33.1 Å². The summed E-state index contributed by atoms with van der Waals surface area (Å²) in [6.07, 6.45) is 0. The average molecular weight is 497 g/mol. The fraction of sp³-hybridized carbons (Fsp3) is 0.290. The molecule has 190 valence electrons. The normalized spacial score (nSPS) is 13.9. The monoisotopic (exact) mass is 496 g/mol. The van der Waals surface area contributed by atoms with E-state index in [1.165, 1.54) is 0 Å². The molecule has 0 saturated heterocycles. The molecule has 2 aliphatic heterocycles. The van der Waals surface area contributed by atoms with E-state index in [4.69, 9.17) is 9.47 Å². The molecule has 2 aliphatic rings. The molecule has 0 fully saturated rings. The smallest absolute Gasteiger partial charge is 0.344 e. The van der Waals surface area contributed by atoms with Crippen LogP contribution in [0.15, 0.2) is 54.6 Å². The number of hydrogen-bond acceptors (Lipinski definition) is 6. The zero-order chi connectivity index (χ0) is 26.3. The van der Waals surface area contributed by atoms with E-state index in [9.17, 15) is 9.59 Å². The van der Waals surface area contributed by atoms with Crippen molar-refractivity contribution in [1.82, 2.24) is 0 Å². The van der Waals surface area contributed by atoms with E-state index in [-0.39, 0.29) is 0 Å². The molecule has 2 heterocycles. The SMILES string of the molecule is CCN(CC)c1ccc(C2=c3cc4c(c(C)c3OC2=O)=C(c2ccc(N(CC)CC)cc2)C(=O)O4)cc1. The number of fused-ring (bicyclic) bond motifs is 2. The van der Waals surface area contributed by atoms with Crippen LogP contribution in [0.5, 0.6) is 11.5 Å². The Bertz CT molecular complexity index is 1500. The Hall–Kier alpha value is -4.06. The van der Waals surface area contributed by atoms with Gasteiger partial charge >= 0.3 is 11.9 Å². The van der Waals surface area contributed by atoms with Gasteiger partial charge in [0.2, 0.25) is 0 Å². The zero-order valence-electron chi connectivity index (χ0n) is 22.1. The van der Waals surface area contributed by atoms with Crippen LogP contribution < -0.4 is 29.7 Å². The standard InChI is InChI=1S/C31H32N2O4/c1-6-32(7-2)22-14-10-20(11-15-22)27-24-18-25-26(19(5)29(24)37-30(27)34)28(31(35)36-25)21-12-16-23(17-13-21)33(8-3)9-4/h10-18H,6-9H2,1-5H3. The summed E-state index contributed by atoms with van der Waals surface area (Å²) >= 11 is 0. The molecule has 3 aromatic rings. The van der Waals surface area contributed by atoms with Crippen LogP contribution in [0.1, 0.15) is 44.4 Å². The van der Waals surface area contributed by atoms with E-state index in [1.807, 2.05) is 55.5 Å². The maximum atomic E-state index is 13.0. The fourth-order valence-corrected chi connectivity index (χ4v) is 5.38. The summed E-state index contributed by atoms with van der Waals surface area (Å²) in [5, 5.41) is 1.34. The first-order valence-electron chi connectivity index (χ1n) is 13.0. The molecular formula is C31H32N2O4. The van der Waals surface area contributed by atoms with Gasteiger partial charge in [-0.1, -0.05) is 24.3 Å². The predicted molar refractivity (Wildman–Crippen MR) is 147 cm³/mol. The number of ether oxygens (including phenoxy) is 2. The number of hydrogen-bond donors (Lipinski definition) is 0. The Morgan fingerprint density at radius 2 is 1.11 bits per heavy atom. The first-order valence-corrected chi connectivity index (χ1v) is 13.0. The van der Waals surface area contributed by atoms with Gasteiger partial charge in [-0.05, 0) is 76.1 Å². The third kappa shape index (κ3) is 4.06. The quantitative estimate of drug-likeness (QED) is 0.348. The molecule has 0 saturated carbocycles. The van der Waals surface area contributed by atoms with Gasteiger partial charge in [-0.15, -0.1) is 0 Å². The first-order chi connectivity index (χ1) is 17.9. The molecule has 6 nitrogen and oxygen atoms in total. The molecule has 6 heteroatoms. The zero-order valence-corrected chi connectivity index (χ0v) is 22.1. The van der Waals surface area contributed by atoms with Crippen molar-refractivity contribution in [3.63, 3.8) is 0 Å². The first kappa shape index (κ1) is 24.6. The van der Waals surface area contributed by atoms with E-state index < -0.39 is 11.9 Å². The molecule has 5 rings (SSSR count). The van der Waals surface area contributed by atoms with Crippen LogP contribution in [0.4, 0.5) is 11.4 Å². The van der Waals surface area contributed by atoms with Crippen molar-refractivity contribution in [3.8, 4) is 11.5 Å². The number of esters is 2. The van der Waals surface area contributed by atoms with E-state index >= 15 is 0 Å². The molecule has 0 amide bonds. The van der Waals surface area contributed by atoms with Crippen LogP contribution in [0.3, 0.4) is 0 Å². The van der Waals surface area contributed by atoms with Gasteiger partial charge in [0, 0.05) is 53.6 Å². The molecule has 3 aromatic carbocycles. The largest absolute Gasteiger partial charge is 0.422 e. The number of carbonyl (C=O) groups is 2. The highest BCUT2D eigenvalue weighted by molar-refractivity contribution is 6.21. The Kier molecular flexibility index (Phi) is 6.50. The second kappa shape index (κ2) is 9.77. The van der Waals surface area contributed by atoms with Gasteiger partial charge in [0.1, 0.15) is 11.5 Å². The number of rotatable bonds is 8. The van der Waals surface area contributed by atoms with Gasteiger partial charge in [-0.2, -0.15) is 0 Å². The predicted octanol–water partition coefficient (Wildman–Crippen LogP) is 3.92. The summed E-state index contributed by atoms with van der Waals surface area (Å²) in [5.74, 6) is 0.157. The van der Waals surface area contributed by atoms with Gasteiger partial charge < -0.3 is 19.3 Å². The lowest BCUT2D eigenvalue weighted by Crippen LogP contribution is -2.21. The lowest BCUT2D eigenvalue weighted by Gasteiger charge is -2.21. The maximum Gasteiger partial charge on any atom is 0.344 e. The van der Waals surface area contributed by atoms with Gasteiger partial charge in [-0.3, -0.25) is 0 Å². The highest BCUT2D eigenvalue weighted by Crippen LogP contribution is 2.31. The average Bonchev–Trinajstić information content (AvgIpc) is 3.42. The van der Waals surface area contributed by atoms with Crippen molar-refractivity contribution in [2.45, 2.75) is 34.6 Å². The molecule has 0 spiro atoms. The van der Waals surface area contributed by atoms with Crippen LogP contribution in [-0.2, 0) is 9.59 Å². The summed E-state index contributed by atoms with van der Waals surface area (Å²) in [4.78, 5) is 30.6. The summed E-state index contributed by atoms with van der Waals surface area (Å²) in [6, 6.07) is 17.7. The minimum absolute atomic E-state index is 0.395. The number of nitrogens with zero attached hydrogens (tertiary/aromatic N) is 2. The van der Waals surface area contributed by atoms with Crippen molar-refractivity contribution < 1.29 is 19.1 Å². The molecule has 0 aliphatic carbocycles. The Labute approximate surface area is 217 Å². The van der Waals surface area contributed by atoms with Crippen molar-refractivity contribution in [2.24, 2.45) is 0 Å². The van der Waals surface area contributed by atoms with E-state index in [0.717, 1.165) is 54.2 Å². The lowest BCUT2D eigenvalue weighted by molar-refractivity contribution is -0.128. The third-order valence-electron chi connectivity index (χ3n) is 7.38. The highest BCUT2D eigenvalue weighted by Gasteiger charge is 2.32. The van der Waals surface area contributed by atoms with Gasteiger partial charge in [0.25, 0.3) is 0 Å². The topological polar surface area (TPSA) is 59.1 Å². The van der Waals surface area contributed by atoms with Gasteiger partial charge in [0.15, 0.2) is 0 Å². The van der Waals surface area contributed by atoms with Gasteiger partial charge in [-0.25, -0.2) is 9.59 Å². The highest BCUT2D eigenvalue weighted by atomic mass is 16.5. The molecule has 0 atom stereocenters. The number of carbonyl (C=O) groups excluding carboxylic acids is 2. The van der Waals surface area contributed by atoms with Crippen molar-refractivity contribution in [2.75, 3.05) is 36.0 Å². The summed E-state index contributed by atoms with van der Waals surface area (Å²) in [6.45, 7) is 14.0. The molecule has 0 N–H and O–H groups in total. The second-order valence-corrected chi connectivity index (χ2v) is 9.22. The van der Waals surface area contributed by atoms with Crippen LogP contribution in [0.25, 0.3) is 11.1 Å². The molecule has 0 radical (unpaired) electrons. The van der Waals surface area contributed by atoms with Crippen LogP contribution in [-0.4, -0.2) is 38.1 Å². The minimum atomic E-state index is -0.395. The molecule has 0 bridgehead atoms. The molecular weight excluding hydrogens is 464 g/mol. The Morgan fingerprint density at radius 3 is 1.59 bits per heavy atom. The van der Waals surface area contributed by atoms with Gasteiger partial charge in [0.05, 0.1) is 11.1 Å². The third-order valence-corrected chi connectivity index (χ3v) is 7.38. The maximum absolute atomic E-state index is 13.0. The van der Waals surface area contributed by atoms with Crippen molar-refractivity contribution in [1.29, 1.82) is 0 Å². The summed E-state index contributed by atoms with van der Waals surface area (Å²) < 4.78 is 11.5. The Balaban J connectivity index is 1.64. The number of anilines is 2. The van der Waals surface area contributed by atoms with Crippen LogP contribution in [0, 0.1) is 6.92 Å². The van der Waals surface area contributed by atoms with E-state index in [2.05, 4.69) is 37.5 Å². The minimum Gasteiger partial charge on any atom is -0.422 e. The summed E-state index contributed by atoms with van der Waals surface area (Å²) in [7, 11) is 0. The molecule has 0 unspecified atom stereocenters. The van der Waals surface area contributed by atoms with E-state index in [1.54, 1.807) is 6.07 Å². The lowest BCUT2D eigenvalue weighted by atomic mass is 9.98. The molecule has 0 aromatic heterocycles. The number of benzene rings is 3.